The molecule has 1 aromatic rings. The first kappa shape index (κ1) is 11.1. The van der Waals surface area contributed by atoms with Crippen LogP contribution in [0.4, 0.5) is 0 Å². The van der Waals surface area contributed by atoms with Crippen LogP contribution < -0.4 is 0 Å². The van der Waals surface area contributed by atoms with Crippen molar-refractivity contribution in [2.24, 2.45) is 11.8 Å². The summed E-state index contributed by atoms with van der Waals surface area (Å²) in [4.78, 5) is 15.1. The van der Waals surface area contributed by atoms with Gasteiger partial charge < -0.3 is 5.11 Å². The number of pyridine rings is 1. The van der Waals surface area contributed by atoms with E-state index in [4.69, 9.17) is 5.11 Å². The fraction of sp³-hybridized carbons (Fsp3) is 0.538. The molecule has 0 spiro atoms. The van der Waals surface area contributed by atoms with E-state index in [1.165, 1.54) is 0 Å². The molecule has 1 aliphatic rings. The fourth-order valence-corrected chi connectivity index (χ4v) is 2.29. The maximum absolute atomic E-state index is 10.8. The molecule has 0 aliphatic heterocycles. The molecule has 2 rings (SSSR count). The topological polar surface area (TPSA) is 50.2 Å². The van der Waals surface area contributed by atoms with Crippen LogP contribution in [0.15, 0.2) is 24.4 Å². The van der Waals surface area contributed by atoms with Crippen LogP contribution in [-0.2, 0) is 4.79 Å². The summed E-state index contributed by atoms with van der Waals surface area (Å²) in [6.45, 7) is 2.14. The van der Waals surface area contributed by atoms with Crippen molar-refractivity contribution in [2.45, 2.75) is 32.1 Å². The third kappa shape index (κ3) is 2.40. The molecule has 86 valence electrons. The first-order chi connectivity index (χ1) is 7.72. The number of aliphatic carboxylic acids is 1. The van der Waals surface area contributed by atoms with Crippen LogP contribution in [0.3, 0.4) is 0 Å². The van der Waals surface area contributed by atoms with Gasteiger partial charge in [-0.25, -0.2) is 0 Å². The standard InChI is InChI=1S/C13H17NO2/c1-2-9(12-5-3-4-6-14-12)7-10-8-11(10)13(15)16/h3-6,9-11H,2,7-8H2,1H3,(H,15,16). The molecule has 0 bridgehead atoms. The summed E-state index contributed by atoms with van der Waals surface area (Å²) in [6, 6.07) is 5.94. The molecule has 0 saturated heterocycles. The highest BCUT2D eigenvalue weighted by Gasteiger charge is 2.43. The first-order valence-corrected chi connectivity index (χ1v) is 5.86. The lowest BCUT2D eigenvalue weighted by Crippen LogP contribution is -2.05. The second-order valence-corrected chi connectivity index (χ2v) is 4.54. The van der Waals surface area contributed by atoms with Gasteiger partial charge in [-0.15, -0.1) is 0 Å². The van der Waals surface area contributed by atoms with Crippen molar-refractivity contribution < 1.29 is 9.90 Å². The van der Waals surface area contributed by atoms with Gasteiger partial charge in [0.2, 0.25) is 0 Å². The van der Waals surface area contributed by atoms with Crippen LogP contribution in [0.1, 0.15) is 37.8 Å². The minimum Gasteiger partial charge on any atom is -0.481 e. The lowest BCUT2D eigenvalue weighted by atomic mass is 9.94. The second-order valence-electron chi connectivity index (χ2n) is 4.54. The van der Waals surface area contributed by atoms with Gasteiger partial charge in [-0.3, -0.25) is 9.78 Å². The maximum Gasteiger partial charge on any atom is 0.306 e. The molecule has 1 aromatic heterocycles. The average Bonchev–Trinajstić information content (AvgIpc) is 3.06. The summed E-state index contributed by atoms with van der Waals surface area (Å²) in [7, 11) is 0. The van der Waals surface area contributed by atoms with Crippen molar-refractivity contribution in [1.82, 2.24) is 4.98 Å². The van der Waals surface area contributed by atoms with Crippen molar-refractivity contribution >= 4 is 5.97 Å². The van der Waals surface area contributed by atoms with E-state index in [0.29, 0.717) is 11.8 Å². The number of carboxylic acids is 1. The minimum atomic E-state index is -0.638. The SMILES string of the molecule is CCC(CC1CC1C(=O)O)c1ccccn1. The van der Waals surface area contributed by atoms with Crippen molar-refractivity contribution in [2.75, 3.05) is 0 Å². The Morgan fingerprint density at radius 1 is 1.62 bits per heavy atom. The number of carboxylic acid groups (broad SMARTS) is 1. The van der Waals surface area contributed by atoms with E-state index >= 15 is 0 Å². The van der Waals surface area contributed by atoms with Crippen LogP contribution in [0.2, 0.25) is 0 Å². The van der Waals surface area contributed by atoms with Gasteiger partial charge in [-0.2, -0.15) is 0 Å². The van der Waals surface area contributed by atoms with Gasteiger partial charge in [0.05, 0.1) is 5.92 Å². The number of hydrogen-bond donors (Lipinski definition) is 1. The number of carbonyl (C=O) groups is 1. The van der Waals surface area contributed by atoms with Gasteiger partial charge in [0.1, 0.15) is 0 Å². The number of hydrogen-bond acceptors (Lipinski definition) is 2. The van der Waals surface area contributed by atoms with E-state index in [-0.39, 0.29) is 5.92 Å². The van der Waals surface area contributed by atoms with Gasteiger partial charge in [0, 0.05) is 17.8 Å². The molecule has 1 N–H and O–H groups in total. The molecule has 16 heavy (non-hydrogen) atoms. The molecule has 0 aromatic carbocycles. The zero-order valence-corrected chi connectivity index (χ0v) is 9.47. The van der Waals surface area contributed by atoms with Gasteiger partial charge in [0.25, 0.3) is 0 Å². The summed E-state index contributed by atoms with van der Waals surface area (Å²) >= 11 is 0. The third-order valence-corrected chi connectivity index (χ3v) is 3.43. The van der Waals surface area contributed by atoms with Crippen molar-refractivity contribution in [3.63, 3.8) is 0 Å². The van der Waals surface area contributed by atoms with E-state index in [9.17, 15) is 4.79 Å². The van der Waals surface area contributed by atoms with Crippen molar-refractivity contribution in [1.29, 1.82) is 0 Å². The molecule has 0 amide bonds. The molecule has 3 atom stereocenters. The Balaban J connectivity index is 1.95. The second kappa shape index (κ2) is 4.64. The highest BCUT2D eigenvalue weighted by atomic mass is 16.4. The smallest absolute Gasteiger partial charge is 0.306 e. The first-order valence-electron chi connectivity index (χ1n) is 5.86. The Morgan fingerprint density at radius 3 is 2.94 bits per heavy atom. The molecule has 3 heteroatoms. The predicted molar refractivity (Wildman–Crippen MR) is 61.1 cm³/mol. The number of nitrogens with zero attached hydrogens (tertiary/aromatic N) is 1. The van der Waals surface area contributed by atoms with E-state index in [1.807, 2.05) is 18.2 Å². The lowest BCUT2D eigenvalue weighted by molar-refractivity contribution is -0.138. The van der Waals surface area contributed by atoms with Gasteiger partial charge in [0.15, 0.2) is 0 Å². The predicted octanol–water partition coefficient (Wildman–Crippen LogP) is 2.69. The monoisotopic (exact) mass is 219 g/mol. The molecular formula is C13H17NO2. The number of rotatable bonds is 5. The summed E-state index contributed by atoms with van der Waals surface area (Å²) in [6.07, 6.45) is 4.64. The molecule has 1 aliphatic carbocycles. The minimum absolute atomic E-state index is 0.0993. The van der Waals surface area contributed by atoms with Crippen LogP contribution >= 0.6 is 0 Å². The highest BCUT2D eigenvalue weighted by Crippen LogP contribution is 2.45. The average molecular weight is 219 g/mol. The lowest BCUT2D eigenvalue weighted by Gasteiger charge is -2.13. The zero-order chi connectivity index (χ0) is 11.5. The van der Waals surface area contributed by atoms with Crippen molar-refractivity contribution in [3.05, 3.63) is 30.1 Å². The normalized spacial score (nSPS) is 25.1. The van der Waals surface area contributed by atoms with Gasteiger partial charge >= 0.3 is 5.97 Å². The fourth-order valence-electron chi connectivity index (χ4n) is 2.29. The molecular weight excluding hydrogens is 202 g/mol. The van der Waals surface area contributed by atoms with E-state index in [2.05, 4.69) is 11.9 Å². The quantitative estimate of drug-likeness (QED) is 0.828. The van der Waals surface area contributed by atoms with Crippen LogP contribution in [0, 0.1) is 11.8 Å². The molecule has 0 radical (unpaired) electrons. The van der Waals surface area contributed by atoms with E-state index < -0.39 is 5.97 Å². The molecule has 3 unspecified atom stereocenters. The van der Waals surface area contributed by atoms with Gasteiger partial charge in [-0.1, -0.05) is 13.0 Å². The zero-order valence-electron chi connectivity index (χ0n) is 9.47. The Bertz CT molecular complexity index is 363. The van der Waals surface area contributed by atoms with E-state index in [1.54, 1.807) is 6.20 Å². The summed E-state index contributed by atoms with van der Waals surface area (Å²) in [5.41, 5.74) is 1.10. The third-order valence-electron chi connectivity index (χ3n) is 3.43. The maximum atomic E-state index is 10.8. The number of aromatic nitrogens is 1. The highest BCUT2D eigenvalue weighted by molar-refractivity contribution is 5.73. The molecule has 1 heterocycles. The van der Waals surface area contributed by atoms with E-state index in [0.717, 1.165) is 25.0 Å². The van der Waals surface area contributed by atoms with Crippen LogP contribution in [0.5, 0.6) is 0 Å². The molecule has 1 fully saturated rings. The Labute approximate surface area is 95.5 Å². The Morgan fingerprint density at radius 2 is 2.44 bits per heavy atom. The Kier molecular flexibility index (Phi) is 3.22. The van der Waals surface area contributed by atoms with Gasteiger partial charge in [-0.05, 0) is 37.3 Å². The summed E-state index contributed by atoms with van der Waals surface area (Å²) in [5.74, 6) is 0.0404. The molecule has 1 saturated carbocycles. The van der Waals surface area contributed by atoms with Crippen LogP contribution in [-0.4, -0.2) is 16.1 Å². The Hall–Kier alpha value is -1.38. The van der Waals surface area contributed by atoms with Crippen molar-refractivity contribution in [3.8, 4) is 0 Å². The summed E-state index contributed by atoms with van der Waals surface area (Å²) < 4.78 is 0. The summed E-state index contributed by atoms with van der Waals surface area (Å²) in [5, 5.41) is 8.86. The van der Waals surface area contributed by atoms with Crippen LogP contribution in [0.25, 0.3) is 0 Å². The largest absolute Gasteiger partial charge is 0.481 e. The molecule has 3 nitrogen and oxygen atoms in total.